The maximum Gasteiger partial charge on any atom is 0.224 e. The molecule has 2 atom stereocenters. The molecule has 0 aromatic carbocycles. The Morgan fingerprint density at radius 1 is 1.56 bits per heavy atom. The first-order valence-electron chi connectivity index (χ1n) is 6.30. The van der Waals surface area contributed by atoms with E-state index in [-0.39, 0.29) is 23.5 Å². The summed E-state index contributed by atoms with van der Waals surface area (Å²) in [5, 5.41) is 19.6. The van der Waals surface area contributed by atoms with Crippen LogP contribution in [0, 0.1) is 19.3 Å². The van der Waals surface area contributed by atoms with E-state index in [0.29, 0.717) is 12.8 Å². The summed E-state index contributed by atoms with van der Waals surface area (Å²) in [6, 6.07) is 0.0625. The Morgan fingerprint density at radius 3 is 2.67 bits per heavy atom. The normalized spacial score (nSPS) is 25.6. The van der Waals surface area contributed by atoms with E-state index in [2.05, 4.69) is 15.5 Å². The van der Waals surface area contributed by atoms with Crippen LogP contribution in [0.1, 0.15) is 37.2 Å². The number of aliphatic hydroxyl groups excluding tert-OH is 1. The van der Waals surface area contributed by atoms with Gasteiger partial charge in [-0.25, -0.2) is 0 Å². The lowest BCUT2D eigenvalue weighted by Gasteiger charge is -2.49. The molecule has 1 amide bonds. The molecule has 5 heteroatoms. The Morgan fingerprint density at radius 2 is 2.22 bits per heavy atom. The zero-order valence-corrected chi connectivity index (χ0v) is 11.4. The average Bonchev–Trinajstić information content (AvgIpc) is 2.60. The summed E-state index contributed by atoms with van der Waals surface area (Å²) in [7, 11) is 0. The van der Waals surface area contributed by atoms with Crippen molar-refractivity contribution < 1.29 is 9.90 Å². The number of aromatic amines is 1. The summed E-state index contributed by atoms with van der Waals surface area (Å²) in [5.41, 5.74) is 2.55. The van der Waals surface area contributed by atoms with Crippen molar-refractivity contribution in [2.75, 3.05) is 0 Å². The molecule has 2 rings (SSSR count). The van der Waals surface area contributed by atoms with E-state index in [1.165, 1.54) is 0 Å². The van der Waals surface area contributed by atoms with Crippen LogP contribution >= 0.6 is 0 Å². The van der Waals surface area contributed by atoms with Gasteiger partial charge in [-0.05, 0) is 20.3 Å². The summed E-state index contributed by atoms with van der Waals surface area (Å²) in [5.74, 6) is -0.00687. The number of H-pyrrole nitrogens is 1. The Labute approximate surface area is 107 Å². The van der Waals surface area contributed by atoms with Gasteiger partial charge in [-0.2, -0.15) is 5.10 Å². The predicted octanol–water partition coefficient (Wildman–Crippen LogP) is 0.845. The number of aryl methyl sites for hydroxylation is 2. The van der Waals surface area contributed by atoms with Gasteiger partial charge in [0.25, 0.3) is 0 Å². The number of carbonyl (C=O) groups is 1. The number of nitrogens with zero attached hydrogens (tertiary/aromatic N) is 1. The number of rotatable bonds is 3. The number of aromatic nitrogens is 2. The SMILES string of the molecule is Cc1n[nH]c(C)c1CC(=O)NC1CC(O)C1(C)C. The van der Waals surface area contributed by atoms with Crippen LogP contribution in [0.25, 0.3) is 0 Å². The van der Waals surface area contributed by atoms with Crippen LogP contribution in [0.2, 0.25) is 0 Å². The van der Waals surface area contributed by atoms with Crippen LogP contribution in [0.5, 0.6) is 0 Å². The lowest BCUT2D eigenvalue weighted by molar-refractivity contribution is -0.128. The van der Waals surface area contributed by atoms with Crippen LogP contribution in [0.15, 0.2) is 0 Å². The molecule has 1 aliphatic rings. The van der Waals surface area contributed by atoms with Gasteiger partial charge in [0.1, 0.15) is 0 Å². The second-order valence-corrected chi connectivity index (χ2v) is 5.78. The van der Waals surface area contributed by atoms with Crippen molar-refractivity contribution in [2.24, 2.45) is 5.41 Å². The Balaban J connectivity index is 1.95. The van der Waals surface area contributed by atoms with Crippen LogP contribution < -0.4 is 5.32 Å². The van der Waals surface area contributed by atoms with Crippen molar-refractivity contribution in [2.45, 2.75) is 52.7 Å². The van der Waals surface area contributed by atoms with Gasteiger partial charge in [-0.1, -0.05) is 13.8 Å². The van der Waals surface area contributed by atoms with E-state index in [1.54, 1.807) is 0 Å². The third kappa shape index (κ3) is 2.14. The van der Waals surface area contributed by atoms with Crippen LogP contribution in [-0.2, 0) is 11.2 Å². The lowest BCUT2D eigenvalue weighted by Crippen LogP contribution is -2.61. The Bertz CT molecular complexity index is 445. The van der Waals surface area contributed by atoms with Gasteiger partial charge >= 0.3 is 0 Å². The quantitative estimate of drug-likeness (QED) is 0.745. The van der Waals surface area contributed by atoms with Gasteiger partial charge in [-0.15, -0.1) is 0 Å². The molecule has 1 aromatic heterocycles. The summed E-state index contributed by atoms with van der Waals surface area (Å²) < 4.78 is 0. The molecule has 0 saturated heterocycles. The molecule has 5 nitrogen and oxygen atoms in total. The summed E-state index contributed by atoms with van der Waals surface area (Å²) in [4.78, 5) is 12.0. The van der Waals surface area contributed by atoms with Crippen molar-refractivity contribution in [3.63, 3.8) is 0 Å². The molecule has 1 aromatic rings. The van der Waals surface area contributed by atoms with E-state index in [9.17, 15) is 9.90 Å². The van der Waals surface area contributed by atoms with E-state index in [0.717, 1.165) is 17.0 Å². The van der Waals surface area contributed by atoms with Gasteiger partial charge in [0, 0.05) is 22.7 Å². The minimum atomic E-state index is -0.319. The minimum absolute atomic E-state index is 0.00687. The Kier molecular flexibility index (Phi) is 3.19. The monoisotopic (exact) mass is 251 g/mol. The summed E-state index contributed by atoms with van der Waals surface area (Å²) in [6.45, 7) is 7.75. The molecule has 0 bridgehead atoms. The number of hydrogen-bond donors (Lipinski definition) is 3. The highest BCUT2D eigenvalue weighted by Crippen LogP contribution is 2.40. The van der Waals surface area contributed by atoms with Crippen molar-refractivity contribution in [3.8, 4) is 0 Å². The van der Waals surface area contributed by atoms with Crippen LogP contribution in [-0.4, -0.2) is 33.4 Å². The Hall–Kier alpha value is -1.36. The molecule has 3 N–H and O–H groups in total. The first-order chi connectivity index (χ1) is 8.32. The molecule has 1 aliphatic carbocycles. The summed E-state index contributed by atoms with van der Waals surface area (Å²) >= 11 is 0. The summed E-state index contributed by atoms with van der Waals surface area (Å²) in [6.07, 6.45) is 0.666. The minimum Gasteiger partial charge on any atom is -0.392 e. The number of carbonyl (C=O) groups excluding carboxylic acids is 1. The second kappa shape index (κ2) is 4.39. The van der Waals surface area contributed by atoms with E-state index >= 15 is 0 Å². The molecule has 1 heterocycles. The average molecular weight is 251 g/mol. The first-order valence-corrected chi connectivity index (χ1v) is 6.30. The fourth-order valence-electron chi connectivity index (χ4n) is 2.39. The highest BCUT2D eigenvalue weighted by molar-refractivity contribution is 5.79. The van der Waals surface area contributed by atoms with Crippen LogP contribution in [0.4, 0.5) is 0 Å². The van der Waals surface area contributed by atoms with Gasteiger partial charge in [0.15, 0.2) is 0 Å². The zero-order valence-electron chi connectivity index (χ0n) is 11.4. The molecule has 1 fully saturated rings. The van der Waals surface area contributed by atoms with Crippen molar-refractivity contribution in [1.29, 1.82) is 0 Å². The van der Waals surface area contributed by atoms with E-state index in [4.69, 9.17) is 0 Å². The first kappa shape index (κ1) is 13.1. The van der Waals surface area contributed by atoms with Crippen molar-refractivity contribution in [1.82, 2.24) is 15.5 Å². The van der Waals surface area contributed by atoms with Crippen molar-refractivity contribution >= 4 is 5.91 Å². The zero-order chi connectivity index (χ0) is 13.5. The largest absolute Gasteiger partial charge is 0.392 e. The third-order valence-electron chi connectivity index (χ3n) is 4.17. The van der Waals surface area contributed by atoms with Crippen molar-refractivity contribution in [3.05, 3.63) is 17.0 Å². The maximum absolute atomic E-state index is 12.0. The maximum atomic E-state index is 12.0. The smallest absolute Gasteiger partial charge is 0.224 e. The van der Waals surface area contributed by atoms with Crippen LogP contribution in [0.3, 0.4) is 0 Å². The highest BCUT2D eigenvalue weighted by atomic mass is 16.3. The molecule has 0 spiro atoms. The third-order valence-corrected chi connectivity index (χ3v) is 4.17. The van der Waals surface area contributed by atoms with E-state index in [1.807, 2.05) is 27.7 Å². The van der Waals surface area contributed by atoms with Gasteiger partial charge < -0.3 is 10.4 Å². The van der Waals surface area contributed by atoms with Gasteiger partial charge in [0.2, 0.25) is 5.91 Å². The highest BCUT2D eigenvalue weighted by Gasteiger charge is 2.47. The second-order valence-electron chi connectivity index (χ2n) is 5.78. The molecular formula is C13H21N3O2. The topological polar surface area (TPSA) is 78.0 Å². The van der Waals surface area contributed by atoms with E-state index < -0.39 is 0 Å². The number of amides is 1. The number of nitrogens with one attached hydrogen (secondary N) is 2. The molecule has 100 valence electrons. The fourth-order valence-corrected chi connectivity index (χ4v) is 2.39. The molecular weight excluding hydrogens is 230 g/mol. The van der Waals surface area contributed by atoms with Gasteiger partial charge in [0.05, 0.1) is 18.2 Å². The fraction of sp³-hybridized carbons (Fsp3) is 0.692. The molecule has 1 saturated carbocycles. The lowest BCUT2D eigenvalue weighted by atomic mass is 9.64. The molecule has 18 heavy (non-hydrogen) atoms. The number of hydrogen-bond acceptors (Lipinski definition) is 3. The molecule has 0 aliphatic heterocycles. The van der Waals surface area contributed by atoms with Gasteiger partial charge in [-0.3, -0.25) is 9.89 Å². The number of aliphatic hydroxyl groups is 1. The molecule has 2 unspecified atom stereocenters. The standard InChI is InChI=1S/C13H21N3O2/c1-7-9(8(2)16-15-7)5-12(18)14-10-6-11(17)13(10,3)4/h10-11,17H,5-6H2,1-4H3,(H,14,18)(H,15,16). The predicted molar refractivity (Wildman–Crippen MR) is 68.1 cm³/mol. The molecule has 0 radical (unpaired) electrons.